The minimum atomic E-state index is -1.18. The van der Waals surface area contributed by atoms with Gasteiger partial charge in [0.25, 0.3) is 0 Å². The number of carbonyl (C=O) groups is 2. The van der Waals surface area contributed by atoms with Crippen molar-refractivity contribution in [2.75, 3.05) is 0 Å². The van der Waals surface area contributed by atoms with Gasteiger partial charge in [-0.3, -0.25) is 4.98 Å². The number of benzene rings is 2. The number of hydrogen-bond acceptors (Lipinski definition) is 4. The van der Waals surface area contributed by atoms with Crippen LogP contribution in [0.15, 0.2) is 36.4 Å². The number of aromatic nitrogens is 1. The second-order valence-electron chi connectivity index (χ2n) is 9.50. The van der Waals surface area contributed by atoms with E-state index in [1.54, 1.807) is 20.8 Å². The number of alkyl carbamates (subject to hydrolysis) is 1. The normalized spacial score (nSPS) is 11.6. The Bertz CT molecular complexity index is 1230. The van der Waals surface area contributed by atoms with Crippen LogP contribution >= 0.6 is 0 Å². The number of rotatable bonds is 6. The Morgan fingerprint density at radius 2 is 1.74 bits per heavy atom. The van der Waals surface area contributed by atoms with E-state index in [2.05, 4.69) is 10.3 Å². The summed E-state index contributed by atoms with van der Waals surface area (Å²) in [5.41, 5.74) is 0.439. The van der Waals surface area contributed by atoms with Crippen molar-refractivity contribution in [3.05, 3.63) is 64.9 Å². The highest BCUT2D eigenvalue weighted by molar-refractivity contribution is 6.01. The van der Waals surface area contributed by atoms with Gasteiger partial charge in [-0.15, -0.1) is 0 Å². The lowest BCUT2D eigenvalue weighted by molar-refractivity contribution is 0.0523. The molecule has 1 aromatic heterocycles. The predicted molar refractivity (Wildman–Crippen MR) is 126 cm³/mol. The molecule has 0 aliphatic rings. The Labute approximate surface area is 197 Å². The summed E-state index contributed by atoms with van der Waals surface area (Å²) in [6.07, 6.45) is -0.215. The maximum Gasteiger partial charge on any atom is 0.407 e. The molecule has 8 heteroatoms. The molecule has 2 aromatic carbocycles. The number of carboxylic acid groups (broad SMARTS) is 1. The standard InChI is InChI=1S/C26H28F2N2O4/c1-14(2)11-21-17(13-29-25(33)34-26(3,4)5)22(23-18(27)7-6-8-19(23)28)16-12-15(24(31)32)9-10-20(16)30-21/h6-10,12,14H,11,13H2,1-5H3,(H,29,33)(H,31,32). The maximum atomic E-state index is 15.0. The zero-order chi connectivity index (χ0) is 25.2. The number of amides is 1. The molecule has 6 nitrogen and oxygen atoms in total. The number of carbonyl (C=O) groups excluding carboxylic acids is 1. The second-order valence-corrected chi connectivity index (χ2v) is 9.50. The average molecular weight is 471 g/mol. The van der Waals surface area contributed by atoms with E-state index in [0.717, 1.165) is 12.1 Å². The van der Waals surface area contributed by atoms with Crippen LogP contribution in [-0.2, 0) is 17.7 Å². The van der Waals surface area contributed by atoms with Gasteiger partial charge in [-0.05, 0) is 63.4 Å². The molecular weight excluding hydrogens is 442 g/mol. The maximum absolute atomic E-state index is 15.0. The lowest BCUT2D eigenvalue weighted by atomic mass is 9.90. The summed E-state index contributed by atoms with van der Waals surface area (Å²) in [5, 5.41) is 12.4. The minimum absolute atomic E-state index is 0.0463. The summed E-state index contributed by atoms with van der Waals surface area (Å²) >= 11 is 0. The molecule has 3 rings (SSSR count). The fraction of sp³-hybridized carbons (Fsp3) is 0.346. The molecule has 1 amide bonds. The van der Waals surface area contributed by atoms with Crippen molar-refractivity contribution in [2.45, 2.75) is 53.2 Å². The van der Waals surface area contributed by atoms with Crippen LogP contribution in [-0.4, -0.2) is 27.8 Å². The molecule has 0 radical (unpaired) electrons. The van der Waals surface area contributed by atoms with E-state index in [1.807, 2.05) is 13.8 Å². The molecule has 0 atom stereocenters. The van der Waals surface area contributed by atoms with E-state index in [1.165, 1.54) is 24.3 Å². The molecule has 2 N–H and O–H groups in total. The highest BCUT2D eigenvalue weighted by Crippen LogP contribution is 2.37. The van der Waals surface area contributed by atoms with Gasteiger partial charge in [-0.2, -0.15) is 0 Å². The number of aromatic carboxylic acids is 1. The lowest BCUT2D eigenvalue weighted by Crippen LogP contribution is -2.32. The summed E-state index contributed by atoms with van der Waals surface area (Å²) < 4.78 is 35.4. The van der Waals surface area contributed by atoms with Crippen LogP contribution < -0.4 is 5.32 Å². The molecule has 0 saturated carbocycles. The average Bonchev–Trinajstić information content (AvgIpc) is 2.70. The van der Waals surface area contributed by atoms with Gasteiger partial charge in [0.15, 0.2) is 0 Å². The zero-order valence-corrected chi connectivity index (χ0v) is 19.8. The van der Waals surface area contributed by atoms with Gasteiger partial charge in [0.05, 0.1) is 16.6 Å². The van der Waals surface area contributed by atoms with Gasteiger partial charge < -0.3 is 15.2 Å². The van der Waals surface area contributed by atoms with Crippen LogP contribution in [0.25, 0.3) is 22.0 Å². The van der Waals surface area contributed by atoms with E-state index >= 15 is 8.78 Å². The number of fused-ring (bicyclic) bond motifs is 1. The Kier molecular flexibility index (Phi) is 7.19. The van der Waals surface area contributed by atoms with Gasteiger partial charge in [0, 0.05) is 28.8 Å². The Morgan fingerprint density at radius 3 is 2.29 bits per heavy atom. The molecular formula is C26H28F2N2O4. The van der Waals surface area contributed by atoms with Crippen molar-refractivity contribution in [1.82, 2.24) is 10.3 Å². The van der Waals surface area contributed by atoms with E-state index in [0.29, 0.717) is 23.2 Å². The molecule has 1 heterocycles. The van der Waals surface area contributed by atoms with Gasteiger partial charge in [0.1, 0.15) is 17.2 Å². The molecule has 0 unspecified atom stereocenters. The minimum Gasteiger partial charge on any atom is -0.478 e. The largest absolute Gasteiger partial charge is 0.478 e. The van der Waals surface area contributed by atoms with Gasteiger partial charge in [0.2, 0.25) is 0 Å². The molecule has 0 fully saturated rings. The first-order chi connectivity index (χ1) is 15.9. The number of hydrogen-bond donors (Lipinski definition) is 2. The first-order valence-corrected chi connectivity index (χ1v) is 11.0. The number of ether oxygens (including phenoxy) is 1. The van der Waals surface area contributed by atoms with Crippen LogP contribution in [0, 0.1) is 17.6 Å². The third-order valence-corrected chi connectivity index (χ3v) is 5.04. The van der Waals surface area contributed by atoms with Crippen molar-refractivity contribution >= 4 is 23.0 Å². The Hall–Kier alpha value is -3.55. The number of halogens is 2. The fourth-order valence-corrected chi connectivity index (χ4v) is 3.73. The summed E-state index contributed by atoms with van der Waals surface area (Å²) in [5.74, 6) is -2.63. The third-order valence-electron chi connectivity index (χ3n) is 5.04. The van der Waals surface area contributed by atoms with Crippen LogP contribution in [0.2, 0.25) is 0 Å². The summed E-state index contributed by atoms with van der Waals surface area (Å²) in [7, 11) is 0. The second kappa shape index (κ2) is 9.75. The smallest absolute Gasteiger partial charge is 0.407 e. The van der Waals surface area contributed by atoms with Gasteiger partial charge >= 0.3 is 12.1 Å². The Morgan fingerprint density at radius 1 is 1.09 bits per heavy atom. The number of carboxylic acids is 1. The van der Waals surface area contributed by atoms with Crippen LogP contribution in [0.1, 0.15) is 56.2 Å². The van der Waals surface area contributed by atoms with Gasteiger partial charge in [-0.25, -0.2) is 18.4 Å². The lowest BCUT2D eigenvalue weighted by Gasteiger charge is -2.22. The van der Waals surface area contributed by atoms with Crippen molar-refractivity contribution in [2.24, 2.45) is 5.92 Å². The van der Waals surface area contributed by atoms with Crippen molar-refractivity contribution in [3.8, 4) is 11.1 Å². The molecule has 0 aliphatic carbocycles. The first-order valence-electron chi connectivity index (χ1n) is 11.0. The van der Waals surface area contributed by atoms with Crippen LogP contribution in [0.5, 0.6) is 0 Å². The number of nitrogens with one attached hydrogen (secondary N) is 1. The van der Waals surface area contributed by atoms with E-state index in [-0.39, 0.29) is 34.5 Å². The summed E-state index contributed by atoms with van der Waals surface area (Å²) in [6, 6.07) is 7.81. The van der Waals surface area contributed by atoms with Crippen molar-refractivity contribution in [1.29, 1.82) is 0 Å². The predicted octanol–water partition coefficient (Wildman–Crippen LogP) is 6.10. The monoisotopic (exact) mass is 470 g/mol. The zero-order valence-electron chi connectivity index (χ0n) is 19.8. The van der Waals surface area contributed by atoms with Crippen molar-refractivity contribution in [3.63, 3.8) is 0 Å². The van der Waals surface area contributed by atoms with Gasteiger partial charge in [-0.1, -0.05) is 19.9 Å². The number of pyridine rings is 1. The molecule has 3 aromatic rings. The highest BCUT2D eigenvalue weighted by atomic mass is 19.1. The van der Waals surface area contributed by atoms with E-state index in [9.17, 15) is 14.7 Å². The Balaban J connectivity index is 2.32. The number of nitrogens with zero attached hydrogens (tertiary/aromatic N) is 1. The summed E-state index contributed by atoms with van der Waals surface area (Å²) in [4.78, 5) is 28.7. The molecule has 0 bridgehead atoms. The summed E-state index contributed by atoms with van der Waals surface area (Å²) in [6.45, 7) is 9.02. The fourth-order valence-electron chi connectivity index (χ4n) is 3.73. The quantitative estimate of drug-likeness (QED) is 0.454. The van der Waals surface area contributed by atoms with E-state index in [4.69, 9.17) is 4.74 Å². The molecule has 180 valence electrons. The first kappa shape index (κ1) is 25.1. The molecule has 0 aliphatic heterocycles. The SMILES string of the molecule is CC(C)Cc1nc2ccc(C(=O)O)cc2c(-c2c(F)cccc2F)c1CNC(=O)OC(C)(C)C. The third kappa shape index (κ3) is 5.68. The highest BCUT2D eigenvalue weighted by Gasteiger charge is 2.24. The van der Waals surface area contributed by atoms with Crippen molar-refractivity contribution < 1.29 is 28.2 Å². The van der Waals surface area contributed by atoms with Crippen LogP contribution in [0.3, 0.4) is 0 Å². The molecule has 0 spiro atoms. The molecule has 34 heavy (non-hydrogen) atoms. The topological polar surface area (TPSA) is 88.5 Å². The van der Waals surface area contributed by atoms with Crippen LogP contribution in [0.4, 0.5) is 13.6 Å². The molecule has 0 saturated heterocycles. The van der Waals surface area contributed by atoms with E-state index < -0.39 is 29.3 Å².